The molecule has 0 saturated heterocycles. The average Bonchev–Trinajstić information content (AvgIpc) is 3.30. The zero-order valence-electron chi connectivity index (χ0n) is 25.3. The van der Waals surface area contributed by atoms with E-state index >= 15 is 0 Å². The first-order valence-electron chi connectivity index (χ1n) is 14.3. The summed E-state index contributed by atoms with van der Waals surface area (Å²) < 4.78 is 20.7. The number of esters is 1. The van der Waals surface area contributed by atoms with Gasteiger partial charge in [0.2, 0.25) is 0 Å². The zero-order valence-corrected chi connectivity index (χ0v) is 29.3. The van der Waals surface area contributed by atoms with Crippen LogP contribution in [0.4, 0.5) is 5.69 Å². The molecule has 1 aliphatic rings. The number of nitrogens with zero attached hydrogens (tertiary/aromatic N) is 3. The topological polar surface area (TPSA) is 122 Å². The van der Waals surface area contributed by atoms with Gasteiger partial charge in [0.25, 0.3) is 11.2 Å². The number of carbonyl (C=O) groups is 1. The summed E-state index contributed by atoms with van der Waals surface area (Å²) in [6.45, 7) is 7.66. The fourth-order valence-electron chi connectivity index (χ4n) is 4.96. The summed E-state index contributed by atoms with van der Waals surface area (Å²) in [5.41, 5.74) is 2.47. The Bertz CT molecular complexity index is 2020. The Hall–Kier alpha value is -4.07. The molecule has 0 radical (unpaired) electrons. The number of fused-ring (bicyclic) bond motifs is 1. The molecular formula is C33H29Br2N3O7S. The summed E-state index contributed by atoms with van der Waals surface area (Å²) in [4.78, 5) is 43.1. The third-order valence-electron chi connectivity index (χ3n) is 6.94. The number of hydrogen-bond acceptors (Lipinski definition) is 9. The lowest BCUT2D eigenvalue weighted by molar-refractivity contribution is -0.384. The van der Waals surface area contributed by atoms with Gasteiger partial charge in [-0.05, 0) is 97.2 Å². The number of nitro groups is 1. The molecule has 3 aromatic carbocycles. The lowest BCUT2D eigenvalue weighted by Gasteiger charge is -2.25. The number of benzene rings is 3. The number of non-ortho nitro benzene ring substituents is 1. The van der Waals surface area contributed by atoms with Gasteiger partial charge in [0.1, 0.15) is 18.1 Å². The minimum absolute atomic E-state index is 0.0101. The summed E-state index contributed by atoms with van der Waals surface area (Å²) >= 11 is 8.30. The number of allylic oxidation sites excluding steroid dienone is 1. The number of nitro benzene ring substituents is 1. The Balaban J connectivity index is 1.59. The van der Waals surface area contributed by atoms with Gasteiger partial charge in [-0.25, -0.2) is 9.79 Å². The summed E-state index contributed by atoms with van der Waals surface area (Å²) in [7, 11) is 0. The summed E-state index contributed by atoms with van der Waals surface area (Å²) in [5, 5.41) is 11.0. The summed E-state index contributed by atoms with van der Waals surface area (Å²) in [6.07, 6.45) is 1.71. The van der Waals surface area contributed by atoms with Crippen molar-refractivity contribution in [1.29, 1.82) is 0 Å². The molecular weight excluding hydrogens is 742 g/mol. The monoisotopic (exact) mass is 769 g/mol. The summed E-state index contributed by atoms with van der Waals surface area (Å²) in [5.74, 6) is 0.613. The van der Waals surface area contributed by atoms with E-state index in [4.69, 9.17) is 14.2 Å². The maximum Gasteiger partial charge on any atom is 0.338 e. The lowest BCUT2D eigenvalue weighted by Crippen LogP contribution is -2.39. The van der Waals surface area contributed by atoms with Crippen molar-refractivity contribution in [2.45, 2.75) is 46.4 Å². The molecule has 13 heteroatoms. The Kier molecular flexibility index (Phi) is 10.2. The first-order valence-corrected chi connectivity index (χ1v) is 16.7. The number of halogens is 2. The van der Waals surface area contributed by atoms with E-state index < -0.39 is 16.9 Å². The largest absolute Gasteiger partial charge is 0.491 e. The summed E-state index contributed by atoms with van der Waals surface area (Å²) in [6, 6.07) is 16.3. The number of thiazole rings is 1. The molecule has 5 rings (SSSR count). The molecule has 0 spiro atoms. The number of aromatic nitrogens is 1. The number of rotatable bonds is 10. The molecule has 0 aliphatic carbocycles. The van der Waals surface area contributed by atoms with Gasteiger partial charge in [0, 0.05) is 22.2 Å². The van der Waals surface area contributed by atoms with E-state index in [9.17, 15) is 19.7 Å². The van der Waals surface area contributed by atoms with E-state index in [1.54, 1.807) is 32.1 Å². The van der Waals surface area contributed by atoms with Gasteiger partial charge in [-0.1, -0.05) is 39.4 Å². The smallest absolute Gasteiger partial charge is 0.338 e. The standard InChI is InChI=1S/C33H29Br2N3O7S/c1-5-43-32(40)28-19(4)36-33-37(29(28)21-8-12-25(13-9-21)45-18(2)3)31(39)27(46-33)15-22-14-23(34)16-26(35)30(22)44-17-20-6-10-24(11-7-20)38(41)42/h6-16,18,29H,5,17H2,1-4H3/b27-15-/t29-/m0/s1. The van der Waals surface area contributed by atoms with Crippen molar-refractivity contribution in [3.63, 3.8) is 0 Å². The van der Waals surface area contributed by atoms with Crippen LogP contribution in [0.3, 0.4) is 0 Å². The van der Waals surface area contributed by atoms with Crippen molar-refractivity contribution in [2.24, 2.45) is 4.99 Å². The maximum atomic E-state index is 14.2. The van der Waals surface area contributed by atoms with Gasteiger partial charge >= 0.3 is 5.97 Å². The molecule has 1 atom stereocenters. The molecule has 0 fully saturated rings. The molecule has 238 valence electrons. The van der Waals surface area contributed by atoms with Crippen molar-refractivity contribution < 1.29 is 23.9 Å². The van der Waals surface area contributed by atoms with Crippen LogP contribution in [0.25, 0.3) is 6.08 Å². The molecule has 0 amide bonds. The van der Waals surface area contributed by atoms with Crippen LogP contribution in [0.1, 0.15) is 50.4 Å². The van der Waals surface area contributed by atoms with Crippen LogP contribution in [0.2, 0.25) is 0 Å². The van der Waals surface area contributed by atoms with Gasteiger partial charge in [0.15, 0.2) is 4.80 Å². The van der Waals surface area contributed by atoms with E-state index in [-0.39, 0.29) is 36.1 Å². The highest BCUT2D eigenvalue weighted by Crippen LogP contribution is 2.35. The Morgan fingerprint density at radius 2 is 1.83 bits per heavy atom. The lowest BCUT2D eigenvalue weighted by atomic mass is 9.96. The minimum atomic E-state index is -0.766. The van der Waals surface area contributed by atoms with Gasteiger partial charge in [0.05, 0.1) is 44.0 Å². The van der Waals surface area contributed by atoms with E-state index in [0.29, 0.717) is 42.1 Å². The molecule has 0 saturated carbocycles. The molecule has 46 heavy (non-hydrogen) atoms. The molecule has 4 aromatic rings. The molecule has 1 aliphatic heterocycles. The van der Waals surface area contributed by atoms with Crippen LogP contribution < -0.4 is 24.4 Å². The van der Waals surface area contributed by atoms with Gasteiger partial charge in [-0.3, -0.25) is 19.5 Å². The third kappa shape index (κ3) is 7.16. The van der Waals surface area contributed by atoms with E-state index in [1.807, 2.05) is 50.2 Å². The predicted molar refractivity (Wildman–Crippen MR) is 182 cm³/mol. The fraction of sp³-hybridized carbons (Fsp3) is 0.242. The Morgan fingerprint density at radius 1 is 1.13 bits per heavy atom. The molecule has 0 unspecified atom stereocenters. The van der Waals surface area contributed by atoms with Gasteiger partial charge < -0.3 is 14.2 Å². The van der Waals surface area contributed by atoms with Crippen LogP contribution in [0.15, 0.2) is 90.7 Å². The van der Waals surface area contributed by atoms with Crippen molar-refractivity contribution >= 4 is 60.9 Å². The third-order valence-corrected chi connectivity index (χ3v) is 8.97. The number of hydrogen-bond donors (Lipinski definition) is 0. The van der Waals surface area contributed by atoms with Crippen LogP contribution in [0.5, 0.6) is 11.5 Å². The van der Waals surface area contributed by atoms with Crippen LogP contribution >= 0.6 is 43.2 Å². The van der Waals surface area contributed by atoms with Crippen LogP contribution in [-0.2, 0) is 16.1 Å². The molecule has 2 heterocycles. The second kappa shape index (κ2) is 14.1. The second-order valence-electron chi connectivity index (χ2n) is 10.6. The van der Waals surface area contributed by atoms with Crippen molar-refractivity contribution in [3.05, 3.63) is 127 Å². The minimum Gasteiger partial charge on any atom is -0.491 e. The molecule has 0 N–H and O–H groups in total. The fourth-order valence-corrected chi connectivity index (χ4v) is 7.37. The van der Waals surface area contributed by atoms with Crippen molar-refractivity contribution in [1.82, 2.24) is 4.57 Å². The first kappa shape index (κ1) is 33.3. The Labute approximate surface area is 285 Å². The maximum absolute atomic E-state index is 14.2. The first-order chi connectivity index (χ1) is 22.0. The SMILES string of the molecule is CCOC(=O)C1=C(C)N=c2s/c(=C\c3cc(Br)cc(Br)c3OCc3ccc([N+](=O)[O-])cc3)c(=O)n2[C@H]1c1ccc(OC(C)C)cc1. The molecule has 0 bridgehead atoms. The van der Waals surface area contributed by atoms with Crippen LogP contribution in [-0.4, -0.2) is 28.2 Å². The van der Waals surface area contributed by atoms with Gasteiger partial charge in [-0.2, -0.15) is 0 Å². The average molecular weight is 771 g/mol. The normalized spacial score (nSPS) is 14.6. The zero-order chi connectivity index (χ0) is 33.1. The molecule has 1 aromatic heterocycles. The van der Waals surface area contributed by atoms with Crippen LogP contribution in [0, 0.1) is 10.1 Å². The second-order valence-corrected chi connectivity index (χ2v) is 13.3. The highest BCUT2D eigenvalue weighted by molar-refractivity contribution is 9.11. The van der Waals surface area contributed by atoms with E-state index in [0.717, 1.165) is 10.0 Å². The number of ether oxygens (including phenoxy) is 3. The highest BCUT2D eigenvalue weighted by atomic mass is 79.9. The van der Waals surface area contributed by atoms with Gasteiger partial charge in [-0.15, -0.1) is 0 Å². The number of carbonyl (C=O) groups excluding carboxylic acids is 1. The van der Waals surface area contributed by atoms with E-state index in [2.05, 4.69) is 36.9 Å². The van der Waals surface area contributed by atoms with Crippen molar-refractivity contribution in [3.8, 4) is 11.5 Å². The highest BCUT2D eigenvalue weighted by Gasteiger charge is 2.33. The predicted octanol–water partition coefficient (Wildman–Crippen LogP) is 6.60. The quantitative estimate of drug-likeness (QED) is 0.101. The molecule has 10 nitrogen and oxygen atoms in total. The Morgan fingerprint density at radius 3 is 2.46 bits per heavy atom. The van der Waals surface area contributed by atoms with E-state index in [1.165, 1.54) is 28.0 Å². The van der Waals surface area contributed by atoms with Crippen molar-refractivity contribution in [2.75, 3.05) is 6.61 Å².